The van der Waals surface area contributed by atoms with Crippen molar-refractivity contribution in [3.8, 4) is 0 Å². The highest BCUT2D eigenvalue weighted by Crippen LogP contribution is 2.10. The van der Waals surface area contributed by atoms with Gasteiger partial charge in [-0.2, -0.15) is 0 Å². The third kappa shape index (κ3) is 3.01. The number of rotatable bonds is 1. The maximum absolute atomic E-state index is 5.49. The lowest BCUT2D eigenvalue weighted by Crippen LogP contribution is -2.23. The van der Waals surface area contributed by atoms with Crippen molar-refractivity contribution in [2.75, 3.05) is 6.61 Å². The predicted octanol–water partition coefficient (Wildman–Crippen LogP) is 1.37. The van der Waals surface area contributed by atoms with Gasteiger partial charge >= 0.3 is 0 Å². The maximum Gasteiger partial charge on any atom is 0.0525 e. The fourth-order valence-corrected chi connectivity index (χ4v) is 2.23. The molecule has 0 aromatic carbocycles. The summed E-state index contributed by atoms with van der Waals surface area (Å²) in [6.07, 6.45) is 4.05. The van der Waals surface area contributed by atoms with E-state index >= 15 is 0 Å². The SMILES string of the molecule is C.C[SiH2]C1CCCCO1. The van der Waals surface area contributed by atoms with E-state index < -0.39 is 0 Å². The second-order valence-corrected chi connectivity index (χ2v) is 4.12. The molecule has 1 aliphatic rings. The van der Waals surface area contributed by atoms with Crippen LogP contribution in [0.15, 0.2) is 0 Å². The van der Waals surface area contributed by atoms with Crippen LogP contribution < -0.4 is 0 Å². The highest BCUT2D eigenvalue weighted by Gasteiger charge is 2.10. The van der Waals surface area contributed by atoms with Crippen molar-refractivity contribution < 1.29 is 4.74 Å². The van der Waals surface area contributed by atoms with Gasteiger partial charge in [0.05, 0.1) is 9.52 Å². The monoisotopic (exact) mass is 146 g/mol. The van der Waals surface area contributed by atoms with E-state index in [1.807, 2.05) is 0 Å². The molecule has 0 aromatic heterocycles. The summed E-state index contributed by atoms with van der Waals surface area (Å²) in [6, 6.07) is 0. The normalized spacial score (nSPS) is 28.3. The first-order valence-corrected chi connectivity index (χ1v) is 5.78. The first kappa shape index (κ1) is 9.18. The van der Waals surface area contributed by atoms with Crippen LogP contribution in [0.5, 0.6) is 0 Å². The lowest BCUT2D eigenvalue weighted by molar-refractivity contribution is 0.0655. The Labute approximate surface area is 60.6 Å². The van der Waals surface area contributed by atoms with Crippen molar-refractivity contribution in [2.45, 2.75) is 39.0 Å². The van der Waals surface area contributed by atoms with Crippen LogP contribution >= 0.6 is 0 Å². The third-order valence-corrected chi connectivity index (χ3v) is 3.28. The number of hydrogen-bond donors (Lipinski definition) is 0. The molecule has 1 nitrogen and oxygen atoms in total. The molecule has 1 saturated heterocycles. The Morgan fingerprint density at radius 3 is 2.56 bits per heavy atom. The molecule has 0 aromatic rings. The lowest BCUT2D eigenvalue weighted by atomic mass is 10.2. The summed E-state index contributed by atoms with van der Waals surface area (Å²) in [5.74, 6) is 0. The molecule has 0 N–H and O–H groups in total. The van der Waals surface area contributed by atoms with Crippen molar-refractivity contribution in [2.24, 2.45) is 0 Å². The van der Waals surface area contributed by atoms with E-state index in [1.165, 1.54) is 19.3 Å². The number of hydrogen-bond acceptors (Lipinski definition) is 1. The van der Waals surface area contributed by atoms with Crippen LogP contribution in [-0.2, 0) is 4.74 Å². The van der Waals surface area contributed by atoms with Gasteiger partial charge in [0.2, 0.25) is 0 Å². The maximum atomic E-state index is 5.49. The topological polar surface area (TPSA) is 9.23 Å². The lowest BCUT2D eigenvalue weighted by Gasteiger charge is -2.20. The van der Waals surface area contributed by atoms with E-state index in [2.05, 4.69) is 6.55 Å². The summed E-state index contributed by atoms with van der Waals surface area (Å²) in [5.41, 5.74) is 0.726. The molecule has 1 heterocycles. The van der Waals surface area contributed by atoms with Gasteiger partial charge in [0.15, 0.2) is 0 Å². The van der Waals surface area contributed by atoms with Crippen LogP contribution in [0.4, 0.5) is 0 Å². The summed E-state index contributed by atoms with van der Waals surface area (Å²) >= 11 is 0. The molecule has 1 unspecified atom stereocenters. The average Bonchev–Trinajstić information content (AvgIpc) is 1.90. The quantitative estimate of drug-likeness (QED) is 0.508. The number of ether oxygens (including phenoxy) is 1. The van der Waals surface area contributed by atoms with Crippen LogP contribution in [0, 0.1) is 0 Å². The fourth-order valence-electron chi connectivity index (χ4n) is 1.13. The Balaban J connectivity index is 0.000000640. The van der Waals surface area contributed by atoms with Gasteiger partial charge in [-0.3, -0.25) is 0 Å². The summed E-state index contributed by atoms with van der Waals surface area (Å²) in [5, 5.41) is 0. The van der Waals surface area contributed by atoms with Crippen LogP contribution in [0.3, 0.4) is 0 Å². The zero-order valence-electron chi connectivity index (χ0n) is 5.52. The molecule has 2 heteroatoms. The van der Waals surface area contributed by atoms with E-state index in [-0.39, 0.29) is 16.9 Å². The molecule has 1 atom stereocenters. The first-order valence-electron chi connectivity index (χ1n) is 3.55. The summed E-state index contributed by atoms with van der Waals surface area (Å²) in [4.78, 5) is 0. The Bertz CT molecular complexity index is 59.9. The second kappa shape index (κ2) is 5.00. The fraction of sp³-hybridized carbons (Fsp3) is 1.00. The molecule has 0 radical (unpaired) electrons. The molecular formula is C7H18OSi. The largest absolute Gasteiger partial charge is 0.382 e. The zero-order valence-corrected chi connectivity index (χ0v) is 6.94. The van der Waals surface area contributed by atoms with Gasteiger partial charge in [0.25, 0.3) is 0 Å². The van der Waals surface area contributed by atoms with Gasteiger partial charge < -0.3 is 4.74 Å². The Morgan fingerprint density at radius 1 is 1.44 bits per heavy atom. The minimum Gasteiger partial charge on any atom is -0.382 e. The van der Waals surface area contributed by atoms with Crippen LogP contribution in [0.25, 0.3) is 0 Å². The average molecular weight is 146 g/mol. The third-order valence-electron chi connectivity index (χ3n) is 1.73. The van der Waals surface area contributed by atoms with Crippen molar-refractivity contribution in [1.29, 1.82) is 0 Å². The van der Waals surface area contributed by atoms with E-state index in [9.17, 15) is 0 Å². The molecular weight excluding hydrogens is 128 g/mol. The van der Waals surface area contributed by atoms with Crippen LogP contribution in [-0.4, -0.2) is 21.9 Å². The minimum absolute atomic E-state index is 0. The van der Waals surface area contributed by atoms with Crippen molar-refractivity contribution in [3.63, 3.8) is 0 Å². The van der Waals surface area contributed by atoms with E-state index in [4.69, 9.17) is 4.74 Å². The smallest absolute Gasteiger partial charge is 0.0525 e. The van der Waals surface area contributed by atoms with Crippen molar-refractivity contribution in [1.82, 2.24) is 0 Å². The highest BCUT2D eigenvalue weighted by molar-refractivity contribution is 6.35. The predicted molar refractivity (Wildman–Crippen MR) is 44.7 cm³/mol. The Kier molecular flexibility index (Phi) is 5.10. The van der Waals surface area contributed by atoms with Crippen molar-refractivity contribution >= 4 is 9.52 Å². The standard InChI is InChI=1S/C6H14OSi.CH4/c1-8-6-4-2-3-5-7-6;/h6H,2-5,8H2,1H3;1H4. The molecule has 9 heavy (non-hydrogen) atoms. The van der Waals surface area contributed by atoms with Gasteiger partial charge in [0.1, 0.15) is 0 Å². The van der Waals surface area contributed by atoms with Crippen LogP contribution in [0.1, 0.15) is 26.7 Å². The molecule has 1 rings (SSSR count). The Morgan fingerprint density at radius 2 is 2.22 bits per heavy atom. The van der Waals surface area contributed by atoms with E-state index in [1.54, 1.807) is 0 Å². The minimum atomic E-state index is 0. The van der Waals surface area contributed by atoms with Crippen LogP contribution in [0.2, 0.25) is 6.55 Å². The molecule has 1 aliphatic heterocycles. The molecule has 0 spiro atoms. The molecule has 0 saturated carbocycles. The van der Waals surface area contributed by atoms with Gasteiger partial charge in [0, 0.05) is 12.3 Å². The highest BCUT2D eigenvalue weighted by atomic mass is 28.2. The summed E-state index contributed by atoms with van der Waals surface area (Å²) < 4.78 is 5.49. The van der Waals surface area contributed by atoms with E-state index in [0.717, 1.165) is 12.3 Å². The molecule has 0 amide bonds. The zero-order chi connectivity index (χ0) is 5.82. The van der Waals surface area contributed by atoms with Gasteiger partial charge in [-0.05, 0) is 19.3 Å². The summed E-state index contributed by atoms with van der Waals surface area (Å²) in [7, 11) is 0.146. The van der Waals surface area contributed by atoms with Gasteiger partial charge in [-0.25, -0.2) is 0 Å². The first-order chi connectivity index (χ1) is 3.93. The van der Waals surface area contributed by atoms with Crippen molar-refractivity contribution in [3.05, 3.63) is 0 Å². The molecule has 56 valence electrons. The van der Waals surface area contributed by atoms with E-state index in [0.29, 0.717) is 0 Å². The second-order valence-electron chi connectivity index (χ2n) is 2.40. The summed E-state index contributed by atoms with van der Waals surface area (Å²) in [6.45, 7) is 3.36. The molecule has 0 bridgehead atoms. The van der Waals surface area contributed by atoms with Gasteiger partial charge in [-0.15, -0.1) is 0 Å². The Hall–Kier alpha value is 0.177. The molecule has 0 aliphatic carbocycles. The molecule has 1 fully saturated rings. The van der Waals surface area contributed by atoms with Gasteiger partial charge in [-0.1, -0.05) is 14.0 Å².